The molecule has 0 spiro atoms. The van der Waals surface area contributed by atoms with E-state index in [4.69, 9.17) is 14.2 Å². The Morgan fingerprint density at radius 1 is 1.24 bits per heavy atom. The maximum atomic E-state index is 12.6. The van der Waals surface area contributed by atoms with Crippen LogP contribution in [0.4, 0.5) is 0 Å². The van der Waals surface area contributed by atoms with Crippen LogP contribution in [-0.4, -0.2) is 64.1 Å². The summed E-state index contributed by atoms with van der Waals surface area (Å²) >= 11 is 0. The van der Waals surface area contributed by atoms with Gasteiger partial charge in [0.1, 0.15) is 17.5 Å². The van der Waals surface area contributed by atoms with Gasteiger partial charge in [-0.2, -0.15) is 0 Å². The van der Waals surface area contributed by atoms with E-state index in [9.17, 15) is 24.6 Å². The quantitative estimate of drug-likeness (QED) is 0.198. The zero-order valence-electron chi connectivity index (χ0n) is 23.6. The van der Waals surface area contributed by atoms with Gasteiger partial charge in [-0.1, -0.05) is 64.2 Å². The Morgan fingerprint density at radius 3 is 2.55 bits per heavy atom. The van der Waals surface area contributed by atoms with Gasteiger partial charge in [0.05, 0.1) is 24.7 Å². The van der Waals surface area contributed by atoms with Gasteiger partial charge in [0.15, 0.2) is 6.10 Å². The Kier molecular flexibility index (Phi) is 11.7. The van der Waals surface area contributed by atoms with Crippen molar-refractivity contribution in [1.82, 2.24) is 0 Å². The van der Waals surface area contributed by atoms with Crippen LogP contribution in [0.2, 0.25) is 0 Å². The molecule has 0 bridgehead atoms. The van der Waals surface area contributed by atoms with Crippen LogP contribution < -0.4 is 0 Å². The molecule has 1 saturated heterocycles. The molecule has 0 aliphatic carbocycles. The fourth-order valence-electron chi connectivity index (χ4n) is 4.58. The van der Waals surface area contributed by atoms with Crippen LogP contribution in [0.25, 0.3) is 0 Å². The molecule has 2 heterocycles. The first kappa shape index (κ1) is 31.7. The minimum Gasteiger partial charge on any atom is -0.457 e. The van der Waals surface area contributed by atoms with Crippen molar-refractivity contribution in [2.75, 3.05) is 0 Å². The second kappa shape index (κ2) is 14.0. The van der Waals surface area contributed by atoms with Crippen molar-refractivity contribution >= 4 is 17.7 Å². The van der Waals surface area contributed by atoms with E-state index in [0.29, 0.717) is 6.42 Å². The number of carbonyl (C=O) groups excluding carboxylic acids is 3. The van der Waals surface area contributed by atoms with Crippen molar-refractivity contribution < 1.29 is 38.8 Å². The van der Waals surface area contributed by atoms with Gasteiger partial charge in [0.25, 0.3) is 0 Å². The van der Waals surface area contributed by atoms with Crippen LogP contribution in [-0.2, 0) is 28.6 Å². The van der Waals surface area contributed by atoms with Gasteiger partial charge >= 0.3 is 11.9 Å². The summed E-state index contributed by atoms with van der Waals surface area (Å²) in [6.45, 7) is 12.3. The first-order valence-corrected chi connectivity index (χ1v) is 13.4. The summed E-state index contributed by atoms with van der Waals surface area (Å²) in [6.07, 6.45) is 10.2. The zero-order valence-corrected chi connectivity index (χ0v) is 23.6. The van der Waals surface area contributed by atoms with Crippen molar-refractivity contribution in [2.24, 2.45) is 17.8 Å². The number of aliphatic hydroxyl groups is 2. The Morgan fingerprint density at radius 2 is 1.92 bits per heavy atom. The van der Waals surface area contributed by atoms with E-state index in [1.165, 1.54) is 26.0 Å². The van der Waals surface area contributed by atoms with Crippen LogP contribution in [0.15, 0.2) is 48.1 Å². The zero-order chi connectivity index (χ0) is 28.6. The minimum absolute atomic E-state index is 0.000583. The molecule has 212 valence electrons. The monoisotopic (exact) mass is 532 g/mol. The van der Waals surface area contributed by atoms with Crippen LogP contribution in [0.5, 0.6) is 0 Å². The topological polar surface area (TPSA) is 123 Å². The van der Waals surface area contributed by atoms with Crippen LogP contribution in [0.3, 0.4) is 0 Å². The molecule has 38 heavy (non-hydrogen) atoms. The summed E-state index contributed by atoms with van der Waals surface area (Å²) in [5.41, 5.74) is -0.795. The van der Waals surface area contributed by atoms with E-state index in [1.54, 1.807) is 12.2 Å². The normalized spacial score (nSPS) is 35.8. The van der Waals surface area contributed by atoms with Crippen molar-refractivity contribution in [3.8, 4) is 0 Å². The van der Waals surface area contributed by atoms with E-state index < -0.39 is 35.9 Å². The summed E-state index contributed by atoms with van der Waals surface area (Å²) in [5, 5.41) is 21.1. The van der Waals surface area contributed by atoms with Crippen LogP contribution in [0.1, 0.15) is 67.7 Å². The number of epoxide rings is 1. The van der Waals surface area contributed by atoms with Crippen LogP contribution >= 0.6 is 0 Å². The number of rotatable bonds is 9. The number of aliphatic hydroxyl groups excluding tert-OH is 1. The Bertz CT molecular complexity index is 959. The predicted molar refractivity (Wildman–Crippen MR) is 144 cm³/mol. The number of esters is 2. The Labute approximate surface area is 226 Å². The molecule has 9 unspecified atom stereocenters. The molecule has 0 aromatic rings. The molecule has 8 nitrogen and oxygen atoms in total. The van der Waals surface area contributed by atoms with Gasteiger partial charge in [-0.3, -0.25) is 14.4 Å². The van der Waals surface area contributed by atoms with Crippen molar-refractivity contribution in [3.63, 3.8) is 0 Å². The Balaban J connectivity index is 2.14. The third-order valence-corrected chi connectivity index (χ3v) is 7.05. The van der Waals surface area contributed by atoms with E-state index in [2.05, 4.69) is 13.0 Å². The number of allylic oxidation sites excluding steroid dienone is 3. The lowest BCUT2D eigenvalue weighted by Crippen LogP contribution is -2.40. The van der Waals surface area contributed by atoms with Crippen molar-refractivity contribution in [2.45, 2.75) is 104 Å². The molecule has 9 atom stereocenters. The molecule has 0 amide bonds. The fourth-order valence-corrected chi connectivity index (χ4v) is 4.58. The summed E-state index contributed by atoms with van der Waals surface area (Å²) in [7, 11) is 0. The Hall–Kier alpha value is -2.55. The average molecular weight is 533 g/mol. The van der Waals surface area contributed by atoms with E-state index in [1.807, 2.05) is 39.8 Å². The molecule has 8 heteroatoms. The largest absolute Gasteiger partial charge is 0.457 e. The molecule has 1 fully saturated rings. The molecule has 2 N–H and O–H groups in total. The molecule has 2 rings (SSSR count). The number of Topliss-reactive ketones (excluding diaryl/α,β-unsaturated/α-hetero) is 1. The highest BCUT2D eigenvalue weighted by Gasteiger charge is 2.45. The van der Waals surface area contributed by atoms with Gasteiger partial charge in [0, 0.05) is 25.2 Å². The van der Waals surface area contributed by atoms with Gasteiger partial charge < -0.3 is 24.4 Å². The number of ether oxygens (including phenoxy) is 3. The van der Waals surface area contributed by atoms with Crippen LogP contribution in [0, 0.1) is 17.8 Å². The van der Waals surface area contributed by atoms with E-state index >= 15 is 0 Å². The minimum atomic E-state index is -1.59. The second-order valence-corrected chi connectivity index (χ2v) is 10.8. The highest BCUT2D eigenvalue weighted by molar-refractivity contribution is 5.81. The summed E-state index contributed by atoms with van der Waals surface area (Å²) in [6, 6.07) is 0. The number of hydrogen-bond acceptors (Lipinski definition) is 8. The van der Waals surface area contributed by atoms with Crippen molar-refractivity contribution in [3.05, 3.63) is 48.1 Å². The molecule has 0 radical (unpaired) electrons. The maximum Gasteiger partial charge on any atom is 0.309 e. The van der Waals surface area contributed by atoms with Gasteiger partial charge in [-0.05, 0) is 37.8 Å². The highest BCUT2D eigenvalue weighted by Crippen LogP contribution is 2.35. The highest BCUT2D eigenvalue weighted by atomic mass is 16.6. The standard InChI is InChI=1S/C30H44O8/c1-8-24(33)21(5)29-25(37-29)16-18(2)10-9-11-19(3)28-20(4)12-13-26(36-22(6)31)30(7,35)15-14-23(32)17-27(34)38-28/h9-15,18,20-21,23,25-26,28-29,32,35H,8,16-17H2,1-7H3/b10-9+,13-12+,15-14+,19-11+. The first-order valence-electron chi connectivity index (χ1n) is 13.4. The summed E-state index contributed by atoms with van der Waals surface area (Å²) in [5.74, 6) is -1.06. The molecular formula is C30H44O8. The van der Waals surface area contributed by atoms with Gasteiger partial charge in [-0.25, -0.2) is 0 Å². The third kappa shape index (κ3) is 9.64. The van der Waals surface area contributed by atoms with Crippen molar-refractivity contribution in [1.29, 1.82) is 0 Å². The van der Waals surface area contributed by atoms with E-state index in [0.717, 1.165) is 12.0 Å². The van der Waals surface area contributed by atoms with E-state index in [-0.39, 0.29) is 42.2 Å². The second-order valence-electron chi connectivity index (χ2n) is 10.8. The molecule has 2 aliphatic rings. The average Bonchev–Trinajstić information content (AvgIpc) is 3.60. The molecule has 0 saturated carbocycles. The maximum absolute atomic E-state index is 12.6. The summed E-state index contributed by atoms with van der Waals surface area (Å²) in [4.78, 5) is 36.1. The molecule has 2 aliphatic heterocycles. The SMILES string of the molecule is CCC(=O)C(C)C1OC1CC(C)/C=C/C=C(\C)C1OC(=O)CC(O)/C=C/C(C)(O)C(OC(C)=O)/C=C/C1C. The molecule has 0 aromatic carbocycles. The summed E-state index contributed by atoms with van der Waals surface area (Å²) < 4.78 is 16.8. The number of hydrogen-bond donors (Lipinski definition) is 2. The lowest BCUT2D eigenvalue weighted by Gasteiger charge is -2.29. The van der Waals surface area contributed by atoms with Gasteiger partial charge in [-0.15, -0.1) is 0 Å². The molecule has 0 aromatic heterocycles. The lowest BCUT2D eigenvalue weighted by atomic mass is 9.92. The number of ketones is 1. The number of carbonyl (C=O) groups is 3. The lowest BCUT2D eigenvalue weighted by molar-refractivity contribution is -0.152. The molecular weight excluding hydrogens is 488 g/mol. The predicted octanol–water partition coefficient (Wildman–Crippen LogP) is 4.01. The fraction of sp³-hybridized carbons (Fsp3) is 0.633. The van der Waals surface area contributed by atoms with Gasteiger partial charge in [0.2, 0.25) is 0 Å². The smallest absolute Gasteiger partial charge is 0.309 e. The first-order chi connectivity index (χ1) is 17.7. The third-order valence-electron chi connectivity index (χ3n) is 7.05. The number of cyclic esters (lactones) is 1.